The molecular weight excluding hydrogens is 426 g/mol. The number of hydrogen-bond acceptors (Lipinski definition) is 6. The maximum atomic E-state index is 13.2. The van der Waals surface area contributed by atoms with Crippen LogP contribution in [0.3, 0.4) is 0 Å². The van der Waals surface area contributed by atoms with E-state index in [1.165, 1.54) is 17.9 Å². The Kier molecular flexibility index (Phi) is 4.57. The lowest BCUT2D eigenvalue weighted by atomic mass is 9.88. The van der Waals surface area contributed by atoms with Gasteiger partial charge in [0.15, 0.2) is 11.2 Å². The average Bonchev–Trinajstić information content (AvgIpc) is 3.39. The van der Waals surface area contributed by atoms with E-state index in [-0.39, 0.29) is 23.6 Å². The number of carbonyl (C=O) groups is 1. The number of aliphatic hydroxyl groups is 1. The van der Waals surface area contributed by atoms with Gasteiger partial charge in [-0.1, -0.05) is 0 Å². The normalized spacial score (nSPS) is 21.2. The Hall–Kier alpha value is -3.73. The molecule has 4 heterocycles. The van der Waals surface area contributed by atoms with Crippen LogP contribution in [0, 0.1) is 0 Å². The van der Waals surface area contributed by atoms with Crippen LogP contribution in [0.4, 0.5) is 0 Å². The van der Waals surface area contributed by atoms with Crippen molar-refractivity contribution in [1.29, 1.82) is 0 Å². The van der Waals surface area contributed by atoms with E-state index < -0.39 is 22.9 Å². The second-order valence-electron chi connectivity index (χ2n) is 8.98. The highest BCUT2D eigenvalue weighted by molar-refractivity contribution is 5.97. The zero-order valence-corrected chi connectivity index (χ0v) is 18.9. The molecule has 1 aliphatic rings. The highest BCUT2D eigenvalue weighted by atomic mass is 16.3. The van der Waals surface area contributed by atoms with Crippen LogP contribution in [-0.4, -0.2) is 62.8 Å². The van der Waals surface area contributed by atoms with Crippen molar-refractivity contribution in [2.45, 2.75) is 25.0 Å². The molecule has 11 heteroatoms. The maximum absolute atomic E-state index is 13.2. The van der Waals surface area contributed by atoms with Crippen LogP contribution in [0.5, 0.6) is 0 Å². The predicted octanol–water partition coefficient (Wildman–Crippen LogP) is 0.159. The van der Waals surface area contributed by atoms with Crippen molar-refractivity contribution in [3.63, 3.8) is 0 Å². The van der Waals surface area contributed by atoms with Crippen molar-refractivity contribution < 1.29 is 9.90 Å². The number of piperidine rings is 1. The van der Waals surface area contributed by atoms with E-state index in [0.717, 1.165) is 15.6 Å². The molecule has 0 saturated carbocycles. The summed E-state index contributed by atoms with van der Waals surface area (Å²) in [6.07, 6.45) is 3.60. The summed E-state index contributed by atoms with van der Waals surface area (Å²) in [5.74, 6) is -0.185. The first kappa shape index (κ1) is 21.1. The van der Waals surface area contributed by atoms with Crippen LogP contribution in [0.2, 0.25) is 0 Å². The van der Waals surface area contributed by atoms with Gasteiger partial charge in [0.1, 0.15) is 5.60 Å². The van der Waals surface area contributed by atoms with E-state index in [1.54, 1.807) is 41.9 Å². The van der Waals surface area contributed by atoms with Gasteiger partial charge in [0, 0.05) is 33.3 Å². The minimum Gasteiger partial charge on any atom is -0.386 e. The summed E-state index contributed by atoms with van der Waals surface area (Å²) in [7, 11) is 4.86. The molecule has 1 fully saturated rings. The minimum absolute atomic E-state index is 0.0858. The van der Waals surface area contributed by atoms with Gasteiger partial charge in [-0.15, -0.1) is 0 Å². The second-order valence-corrected chi connectivity index (χ2v) is 8.98. The van der Waals surface area contributed by atoms with Crippen LogP contribution < -0.4 is 11.2 Å². The highest BCUT2D eigenvalue weighted by Crippen LogP contribution is 2.34. The third kappa shape index (κ3) is 3.10. The number of aryl methyl sites for hydroxylation is 2. The first-order chi connectivity index (χ1) is 15.6. The van der Waals surface area contributed by atoms with Gasteiger partial charge in [0.25, 0.3) is 11.5 Å². The van der Waals surface area contributed by atoms with Crippen molar-refractivity contribution in [3.05, 3.63) is 57.3 Å². The summed E-state index contributed by atoms with van der Waals surface area (Å²) in [5, 5.41) is 11.4. The molecular formula is C22H25N7O4. The molecule has 0 bridgehead atoms. The van der Waals surface area contributed by atoms with Gasteiger partial charge in [-0.05, 0) is 31.5 Å². The first-order valence-electron chi connectivity index (χ1n) is 10.7. The molecule has 5 rings (SSSR count). The molecule has 33 heavy (non-hydrogen) atoms. The van der Waals surface area contributed by atoms with Gasteiger partial charge < -0.3 is 19.1 Å². The van der Waals surface area contributed by atoms with Crippen LogP contribution in [0.1, 0.15) is 29.7 Å². The molecule has 1 saturated heterocycles. The fourth-order valence-electron chi connectivity index (χ4n) is 4.82. The van der Waals surface area contributed by atoms with Crippen LogP contribution in [0.25, 0.3) is 22.2 Å². The van der Waals surface area contributed by atoms with E-state index in [4.69, 9.17) is 0 Å². The molecule has 0 spiro atoms. The van der Waals surface area contributed by atoms with Gasteiger partial charge in [0.2, 0.25) is 0 Å². The molecule has 0 unspecified atom stereocenters. The molecule has 11 nitrogen and oxygen atoms in total. The number of nitrogens with zero attached hydrogens (tertiary/aromatic N) is 7. The topological polar surface area (TPSA) is 120 Å². The fourth-order valence-corrected chi connectivity index (χ4v) is 4.82. The van der Waals surface area contributed by atoms with Crippen molar-refractivity contribution in [1.82, 2.24) is 33.1 Å². The number of rotatable bonds is 2. The zero-order valence-electron chi connectivity index (χ0n) is 18.9. The minimum atomic E-state index is -1.32. The molecule has 1 N–H and O–H groups in total. The lowest BCUT2D eigenvalue weighted by Gasteiger charge is -2.43. The number of benzene rings is 1. The van der Waals surface area contributed by atoms with Crippen molar-refractivity contribution >= 4 is 28.1 Å². The first-order valence-corrected chi connectivity index (χ1v) is 10.7. The lowest BCUT2D eigenvalue weighted by Crippen LogP contribution is -2.54. The molecule has 1 amide bonds. The Bertz CT molecular complexity index is 1540. The monoisotopic (exact) mass is 451 g/mol. The van der Waals surface area contributed by atoms with E-state index in [2.05, 4.69) is 9.97 Å². The second kappa shape index (κ2) is 7.14. The largest absolute Gasteiger partial charge is 0.386 e. The molecule has 2 atom stereocenters. The molecule has 0 radical (unpaired) electrons. The smallest absolute Gasteiger partial charge is 0.332 e. The van der Waals surface area contributed by atoms with Crippen molar-refractivity contribution in [2.75, 3.05) is 13.1 Å². The molecule has 4 aromatic rings. The quantitative estimate of drug-likeness (QED) is 0.464. The number of fused-ring (bicyclic) bond motifs is 2. The zero-order chi connectivity index (χ0) is 23.7. The lowest BCUT2D eigenvalue weighted by molar-refractivity contribution is -0.0478. The predicted molar refractivity (Wildman–Crippen MR) is 121 cm³/mol. The van der Waals surface area contributed by atoms with Crippen molar-refractivity contribution in [3.8, 4) is 0 Å². The Balaban J connectivity index is 1.47. The van der Waals surface area contributed by atoms with E-state index in [9.17, 15) is 19.5 Å². The standard InChI is InChI=1S/C22H25N7O4/c1-22(33)10-28(19(30)13-5-6-15-14(9-13)23-11-25(15)2)8-7-16(22)29-12-24-18-17(29)20(31)27(4)21(32)26(18)3/h5-6,9,11-12,16,33H,7-8,10H2,1-4H3/t16-,22-/m1/s1. The summed E-state index contributed by atoms with van der Waals surface area (Å²) < 4.78 is 5.87. The van der Waals surface area contributed by atoms with Gasteiger partial charge in [-0.25, -0.2) is 14.8 Å². The molecule has 1 aromatic carbocycles. The number of likely N-dealkylation sites (tertiary alicyclic amines) is 1. The third-order valence-corrected chi connectivity index (χ3v) is 6.67. The van der Waals surface area contributed by atoms with Crippen molar-refractivity contribution in [2.24, 2.45) is 21.1 Å². The molecule has 172 valence electrons. The van der Waals surface area contributed by atoms with Crippen LogP contribution in [0.15, 0.2) is 40.4 Å². The van der Waals surface area contributed by atoms with Crippen LogP contribution >= 0.6 is 0 Å². The Morgan fingerprint density at radius 2 is 1.88 bits per heavy atom. The summed E-state index contributed by atoms with van der Waals surface area (Å²) in [5.41, 5.74) is 0.435. The third-order valence-electron chi connectivity index (χ3n) is 6.67. The van der Waals surface area contributed by atoms with Gasteiger partial charge in [-0.3, -0.25) is 18.7 Å². The number of imidazole rings is 2. The van der Waals surface area contributed by atoms with Gasteiger partial charge in [0.05, 0.1) is 36.3 Å². The Morgan fingerprint density at radius 3 is 2.61 bits per heavy atom. The molecule has 0 aliphatic carbocycles. The van der Waals surface area contributed by atoms with E-state index in [1.807, 2.05) is 17.7 Å². The molecule has 1 aliphatic heterocycles. The van der Waals surface area contributed by atoms with E-state index in [0.29, 0.717) is 18.5 Å². The summed E-state index contributed by atoms with van der Waals surface area (Å²) in [6.45, 7) is 2.13. The summed E-state index contributed by atoms with van der Waals surface area (Å²) in [4.78, 5) is 48.5. The SMILES string of the molecule is Cn1c(=O)c2c(ncn2[C@@H]2CCN(C(=O)c3ccc4c(c3)ncn4C)C[C@@]2(C)O)n(C)c1=O. The fraction of sp³-hybridized carbons (Fsp3) is 0.409. The van der Waals surface area contributed by atoms with Crippen LogP contribution in [-0.2, 0) is 21.1 Å². The number of aromatic nitrogens is 6. The number of hydrogen-bond donors (Lipinski definition) is 1. The molecule has 3 aromatic heterocycles. The highest BCUT2D eigenvalue weighted by Gasteiger charge is 2.42. The maximum Gasteiger partial charge on any atom is 0.332 e. The number of amides is 1. The Morgan fingerprint density at radius 1 is 1.12 bits per heavy atom. The summed E-state index contributed by atoms with van der Waals surface area (Å²) >= 11 is 0. The van der Waals surface area contributed by atoms with Gasteiger partial charge >= 0.3 is 5.69 Å². The number of β-amino-alcohol motifs (C(OH)–C–C–N with tert-alkyl or cyclic N) is 1. The van der Waals surface area contributed by atoms with E-state index >= 15 is 0 Å². The number of carbonyl (C=O) groups excluding carboxylic acids is 1. The Labute approximate surface area is 188 Å². The van der Waals surface area contributed by atoms with Gasteiger partial charge in [-0.2, -0.15) is 0 Å². The summed E-state index contributed by atoms with van der Waals surface area (Å²) in [6, 6.07) is 4.89. The average molecular weight is 451 g/mol.